The van der Waals surface area contributed by atoms with Crippen molar-refractivity contribution in [2.75, 3.05) is 19.8 Å². The van der Waals surface area contributed by atoms with Gasteiger partial charge < -0.3 is 10.2 Å². The summed E-state index contributed by atoms with van der Waals surface area (Å²) in [5.74, 6) is -0.0176. The van der Waals surface area contributed by atoms with Gasteiger partial charge >= 0.3 is 0 Å². The number of phenols is 2. The molecule has 0 bridgehead atoms. The molecule has 1 aliphatic rings. The van der Waals surface area contributed by atoms with Crippen molar-refractivity contribution in [1.29, 1.82) is 0 Å². The predicted octanol–water partition coefficient (Wildman–Crippen LogP) is 5.38. The minimum absolute atomic E-state index is 0.0743. The van der Waals surface area contributed by atoms with Crippen molar-refractivity contribution < 1.29 is 10.2 Å². The number of rotatable bonds is 4. The summed E-state index contributed by atoms with van der Waals surface area (Å²) in [4.78, 5) is 4.47. The summed E-state index contributed by atoms with van der Waals surface area (Å²) in [6, 6.07) is 6.72. The van der Waals surface area contributed by atoms with Crippen LogP contribution in [0.5, 0.6) is 11.5 Å². The van der Waals surface area contributed by atoms with E-state index in [2.05, 4.69) is 9.80 Å². The molecular weight excluding hydrogens is 418 g/mol. The van der Waals surface area contributed by atoms with Crippen molar-refractivity contribution in [3.63, 3.8) is 0 Å². The maximum absolute atomic E-state index is 10.2. The molecular formula is C18H18Cl4N2O2. The fraction of sp³-hybridized carbons (Fsp3) is 0.333. The standard InChI is InChI=1S/C18H18Cl4N2O2/c19-13-6-12(17(25)16(22)7-13)9-24-3-1-2-23(10-24)8-11-4-14(20)18(26)15(21)5-11/h4-7,25-26H,1-3,8-10H2. The van der Waals surface area contributed by atoms with Crippen LogP contribution in [-0.4, -0.2) is 39.8 Å². The van der Waals surface area contributed by atoms with Crippen LogP contribution in [-0.2, 0) is 13.1 Å². The van der Waals surface area contributed by atoms with E-state index in [1.165, 1.54) is 6.07 Å². The third-order valence-electron chi connectivity index (χ3n) is 4.33. The molecule has 0 saturated carbocycles. The first-order chi connectivity index (χ1) is 12.3. The molecule has 0 unspecified atom stereocenters. The Bertz CT molecular complexity index is 793. The van der Waals surface area contributed by atoms with Crippen LogP contribution in [0.1, 0.15) is 17.5 Å². The Kier molecular flexibility index (Phi) is 6.44. The molecule has 0 aromatic heterocycles. The second kappa shape index (κ2) is 8.42. The highest BCUT2D eigenvalue weighted by Crippen LogP contribution is 2.34. The summed E-state index contributed by atoms with van der Waals surface area (Å²) < 4.78 is 0. The predicted molar refractivity (Wildman–Crippen MR) is 107 cm³/mol. The molecule has 3 rings (SSSR count). The van der Waals surface area contributed by atoms with Gasteiger partial charge in [-0.2, -0.15) is 0 Å². The van der Waals surface area contributed by atoms with Crippen molar-refractivity contribution in [2.24, 2.45) is 0 Å². The van der Waals surface area contributed by atoms with E-state index in [1.54, 1.807) is 18.2 Å². The first-order valence-corrected chi connectivity index (χ1v) is 9.63. The summed E-state index contributed by atoms with van der Waals surface area (Å²) >= 11 is 24.1. The van der Waals surface area contributed by atoms with Crippen LogP contribution in [0, 0.1) is 0 Å². The lowest BCUT2D eigenvalue weighted by atomic mass is 10.1. The second-order valence-corrected chi connectivity index (χ2v) is 8.06. The highest BCUT2D eigenvalue weighted by molar-refractivity contribution is 6.37. The maximum atomic E-state index is 10.2. The van der Waals surface area contributed by atoms with E-state index in [0.29, 0.717) is 23.7 Å². The molecule has 0 aliphatic carbocycles. The largest absolute Gasteiger partial charge is 0.506 e. The van der Waals surface area contributed by atoms with Crippen LogP contribution in [0.3, 0.4) is 0 Å². The van der Waals surface area contributed by atoms with E-state index in [4.69, 9.17) is 46.4 Å². The van der Waals surface area contributed by atoms with Crippen LogP contribution in [0.25, 0.3) is 0 Å². The maximum Gasteiger partial charge on any atom is 0.152 e. The minimum Gasteiger partial charge on any atom is -0.506 e. The normalized spacial score (nSPS) is 16.2. The molecule has 0 radical (unpaired) electrons. The SMILES string of the molecule is Oc1c(Cl)cc(CN2CCCN(Cc3cc(Cl)cc(Cl)c3O)C2)cc1Cl. The summed E-state index contributed by atoms with van der Waals surface area (Å²) in [6.45, 7) is 3.80. The van der Waals surface area contributed by atoms with Crippen molar-refractivity contribution >= 4 is 46.4 Å². The van der Waals surface area contributed by atoms with Gasteiger partial charge in [0.1, 0.15) is 5.75 Å². The van der Waals surface area contributed by atoms with Gasteiger partial charge in [0.2, 0.25) is 0 Å². The lowest BCUT2D eigenvalue weighted by Crippen LogP contribution is -2.43. The molecule has 0 spiro atoms. The smallest absolute Gasteiger partial charge is 0.152 e. The molecule has 2 N–H and O–H groups in total. The van der Waals surface area contributed by atoms with E-state index in [-0.39, 0.29) is 26.6 Å². The van der Waals surface area contributed by atoms with Crippen LogP contribution in [0.4, 0.5) is 0 Å². The number of nitrogens with zero attached hydrogens (tertiary/aromatic N) is 2. The van der Waals surface area contributed by atoms with E-state index >= 15 is 0 Å². The molecule has 0 amide bonds. The Morgan fingerprint density at radius 1 is 0.769 bits per heavy atom. The zero-order valence-electron chi connectivity index (χ0n) is 13.9. The number of aromatic hydroxyl groups is 2. The lowest BCUT2D eigenvalue weighted by molar-refractivity contribution is 0.0740. The highest BCUT2D eigenvalue weighted by atomic mass is 35.5. The highest BCUT2D eigenvalue weighted by Gasteiger charge is 2.20. The quantitative estimate of drug-likeness (QED) is 0.676. The summed E-state index contributed by atoms with van der Waals surface area (Å²) in [5, 5.41) is 21.1. The van der Waals surface area contributed by atoms with Gasteiger partial charge in [0, 0.05) is 36.8 Å². The van der Waals surface area contributed by atoms with Crippen LogP contribution in [0.2, 0.25) is 20.1 Å². The molecule has 1 saturated heterocycles. The van der Waals surface area contributed by atoms with Gasteiger partial charge in [0.05, 0.1) is 21.7 Å². The summed E-state index contributed by atoms with van der Waals surface area (Å²) in [5.41, 5.74) is 1.65. The van der Waals surface area contributed by atoms with Gasteiger partial charge in [-0.15, -0.1) is 0 Å². The fourth-order valence-electron chi connectivity index (χ4n) is 3.15. The number of benzene rings is 2. The first-order valence-electron chi connectivity index (χ1n) is 8.12. The molecule has 2 aromatic rings. The van der Waals surface area contributed by atoms with E-state index in [0.717, 1.165) is 31.7 Å². The average molecular weight is 436 g/mol. The lowest BCUT2D eigenvalue weighted by Gasteiger charge is -2.35. The van der Waals surface area contributed by atoms with Gasteiger partial charge in [-0.25, -0.2) is 0 Å². The Hall–Kier alpha value is -0.880. The van der Waals surface area contributed by atoms with E-state index in [1.807, 2.05) is 0 Å². The van der Waals surface area contributed by atoms with Crippen molar-refractivity contribution in [2.45, 2.75) is 19.5 Å². The van der Waals surface area contributed by atoms with E-state index < -0.39 is 0 Å². The number of phenolic OH excluding ortho intramolecular Hbond substituents is 2. The fourth-order valence-corrected chi connectivity index (χ4v) is 4.22. The third-order valence-corrected chi connectivity index (χ3v) is 5.42. The Balaban J connectivity index is 1.68. The topological polar surface area (TPSA) is 46.9 Å². The Labute approximate surface area is 172 Å². The summed E-state index contributed by atoms with van der Waals surface area (Å²) in [6.07, 6.45) is 0.995. The van der Waals surface area contributed by atoms with Gasteiger partial charge in [-0.1, -0.05) is 46.4 Å². The van der Waals surface area contributed by atoms with Gasteiger partial charge in [-0.05, 0) is 36.2 Å². The second-order valence-electron chi connectivity index (χ2n) is 6.40. The zero-order chi connectivity index (χ0) is 18.8. The molecule has 140 valence electrons. The third kappa shape index (κ3) is 4.69. The number of hydrogen-bond donors (Lipinski definition) is 2. The molecule has 1 aliphatic heterocycles. The Morgan fingerprint density at radius 3 is 2.00 bits per heavy atom. The molecule has 1 fully saturated rings. The van der Waals surface area contributed by atoms with Crippen molar-refractivity contribution in [3.8, 4) is 11.5 Å². The van der Waals surface area contributed by atoms with Crippen LogP contribution in [0.15, 0.2) is 24.3 Å². The van der Waals surface area contributed by atoms with Crippen molar-refractivity contribution in [3.05, 3.63) is 55.5 Å². The average Bonchev–Trinajstić information content (AvgIpc) is 2.57. The van der Waals surface area contributed by atoms with Crippen LogP contribution < -0.4 is 0 Å². The Morgan fingerprint density at radius 2 is 1.35 bits per heavy atom. The molecule has 8 heteroatoms. The zero-order valence-corrected chi connectivity index (χ0v) is 16.9. The number of halogens is 4. The van der Waals surface area contributed by atoms with Gasteiger partial charge in [0.15, 0.2) is 5.75 Å². The molecule has 4 nitrogen and oxygen atoms in total. The minimum atomic E-state index is -0.0920. The molecule has 2 aromatic carbocycles. The summed E-state index contributed by atoms with van der Waals surface area (Å²) in [7, 11) is 0. The number of hydrogen-bond acceptors (Lipinski definition) is 4. The van der Waals surface area contributed by atoms with Gasteiger partial charge in [0.25, 0.3) is 0 Å². The van der Waals surface area contributed by atoms with Crippen LogP contribution >= 0.6 is 46.4 Å². The van der Waals surface area contributed by atoms with Crippen molar-refractivity contribution in [1.82, 2.24) is 9.80 Å². The van der Waals surface area contributed by atoms with Gasteiger partial charge in [-0.3, -0.25) is 9.80 Å². The first kappa shape index (κ1) is 19.9. The molecule has 1 heterocycles. The van der Waals surface area contributed by atoms with E-state index in [9.17, 15) is 10.2 Å². The molecule has 26 heavy (non-hydrogen) atoms. The monoisotopic (exact) mass is 434 g/mol. The molecule has 0 atom stereocenters.